The molecule has 23 heavy (non-hydrogen) atoms. The Labute approximate surface area is 135 Å². The van der Waals surface area contributed by atoms with Crippen molar-refractivity contribution in [3.8, 4) is 5.75 Å². The molecule has 2 saturated heterocycles. The van der Waals surface area contributed by atoms with Crippen LogP contribution in [-0.2, 0) is 4.74 Å². The van der Waals surface area contributed by atoms with E-state index in [-0.39, 0.29) is 5.69 Å². The third-order valence-corrected chi connectivity index (χ3v) is 4.81. The minimum Gasteiger partial charge on any atom is -0.490 e. The molecule has 1 aromatic rings. The van der Waals surface area contributed by atoms with Crippen molar-refractivity contribution < 1.29 is 14.4 Å². The number of methoxy groups -OCH3 is 1. The molecular formula is C16H23N3O4. The van der Waals surface area contributed by atoms with Crippen LogP contribution in [0.3, 0.4) is 0 Å². The van der Waals surface area contributed by atoms with Gasteiger partial charge in [0.25, 0.3) is 0 Å². The van der Waals surface area contributed by atoms with Crippen LogP contribution < -0.4 is 9.64 Å². The molecule has 2 heterocycles. The van der Waals surface area contributed by atoms with Crippen LogP contribution in [0, 0.1) is 16.0 Å². The normalized spacial score (nSPS) is 25.6. The predicted octanol–water partition coefficient (Wildman–Crippen LogP) is 1.76. The Kier molecular flexibility index (Phi) is 4.68. The summed E-state index contributed by atoms with van der Waals surface area (Å²) in [6.07, 6.45) is 0. The molecule has 0 amide bonds. The first-order valence-electron chi connectivity index (χ1n) is 7.99. The Bertz CT molecular complexity index is 574. The lowest BCUT2D eigenvalue weighted by molar-refractivity contribution is -0.385. The number of morpholine rings is 1. The highest BCUT2D eigenvalue weighted by atomic mass is 16.6. The first-order chi connectivity index (χ1) is 11.1. The van der Waals surface area contributed by atoms with E-state index in [4.69, 9.17) is 9.47 Å². The number of nitro benzene ring substituents is 1. The Hall–Kier alpha value is -1.86. The second-order valence-electron chi connectivity index (χ2n) is 6.21. The maximum Gasteiger partial charge on any atom is 0.311 e. The summed E-state index contributed by atoms with van der Waals surface area (Å²) in [5.41, 5.74) is 0.989. The highest BCUT2D eigenvalue weighted by Gasteiger charge is 2.35. The van der Waals surface area contributed by atoms with E-state index in [0.29, 0.717) is 17.7 Å². The second kappa shape index (κ2) is 6.72. The number of hydrogen-bond donors (Lipinski definition) is 0. The molecule has 1 aromatic carbocycles. The van der Waals surface area contributed by atoms with Crippen molar-refractivity contribution in [1.82, 2.24) is 4.90 Å². The van der Waals surface area contributed by atoms with Crippen LogP contribution in [0.25, 0.3) is 0 Å². The van der Waals surface area contributed by atoms with Gasteiger partial charge in [-0.3, -0.25) is 15.0 Å². The van der Waals surface area contributed by atoms with E-state index in [1.54, 1.807) is 6.07 Å². The van der Waals surface area contributed by atoms with Crippen molar-refractivity contribution >= 4 is 11.4 Å². The molecule has 0 bridgehead atoms. The standard InChI is InChI=1S/C16H23N3O4/c1-12-10-18(11-15(12)17-5-7-23-8-6-17)13-3-4-14(19(20)21)16(9-13)22-2/h3-4,9,12,15H,5-8,10-11H2,1-2H3/t12-,15-/m1/s1. The molecule has 0 radical (unpaired) electrons. The Balaban J connectivity index is 1.76. The minimum absolute atomic E-state index is 0.00762. The highest BCUT2D eigenvalue weighted by Crippen LogP contribution is 2.34. The fourth-order valence-corrected chi connectivity index (χ4v) is 3.56. The van der Waals surface area contributed by atoms with Crippen LogP contribution in [0.4, 0.5) is 11.4 Å². The van der Waals surface area contributed by atoms with Gasteiger partial charge in [-0.25, -0.2) is 0 Å². The number of nitrogens with zero attached hydrogens (tertiary/aromatic N) is 3. The Morgan fingerprint density at radius 1 is 1.30 bits per heavy atom. The van der Waals surface area contributed by atoms with Crippen LogP contribution in [0.1, 0.15) is 6.92 Å². The van der Waals surface area contributed by atoms with E-state index in [1.807, 2.05) is 6.07 Å². The minimum atomic E-state index is -0.411. The zero-order chi connectivity index (χ0) is 16.4. The first kappa shape index (κ1) is 16.0. The first-order valence-corrected chi connectivity index (χ1v) is 7.99. The zero-order valence-corrected chi connectivity index (χ0v) is 13.6. The number of ether oxygens (including phenoxy) is 2. The van der Waals surface area contributed by atoms with Gasteiger partial charge in [0.2, 0.25) is 0 Å². The van der Waals surface area contributed by atoms with Crippen LogP contribution in [0.2, 0.25) is 0 Å². The summed E-state index contributed by atoms with van der Waals surface area (Å²) in [6.45, 7) is 7.70. The molecule has 2 atom stereocenters. The summed E-state index contributed by atoms with van der Waals surface area (Å²) >= 11 is 0. The van der Waals surface area contributed by atoms with E-state index in [1.165, 1.54) is 13.2 Å². The fourth-order valence-electron chi connectivity index (χ4n) is 3.56. The van der Waals surface area contributed by atoms with Crippen molar-refractivity contribution in [2.75, 3.05) is 51.4 Å². The van der Waals surface area contributed by atoms with Gasteiger partial charge in [-0.05, 0) is 12.0 Å². The zero-order valence-electron chi connectivity index (χ0n) is 13.6. The average Bonchev–Trinajstić information content (AvgIpc) is 2.96. The van der Waals surface area contributed by atoms with Crippen molar-refractivity contribution in [2.24, 2.45) is 5.92 Å². The molecule has 7 heteroatoms. The number of nitro groups is 1. The van der Waals surface area contributed by atoms with Gasteiger partial charge in [0, 0.05) is 50.0 Å². The van der Waals surface area contributed by atoms with E-state index in [0.717, 1.165) is 45.1 Å². The smallest absolute Gasteiger partial charge is 0.311 e. The lowest BCUT2D eigenvalue weighted by Crippen LogP contribution is -2.46. The number of rotatable bonds is 4. The molecule has 0 saturated carbocycles. The Morgan fingerprint density at radius 3 is 2.70 bits per heavy atom. The molecule has 2 aliphatic rings. The van der Waals surface area contributed by atoms with Gasteiger partial charge in [-0.15, -0.1) is 0 Å². The SMILES string of the molecule is COc1cc(N2C[C@@H](C)[C@H](N3CCOCC3)C2)ccc1[N+](=O)[O-]. The van der Waals surface area contributed by atoms with Gasteiger partial charge in [0.05, 0.1) is 25.2 Å². The molecule has 7 nitrogen and oxygen atoms in total. The van der Waals surface area contributed by atoms with Crippen LogP contribution >= 0.6 is 0 Å². The summed E-state index contributed by atoms with van der Waals surface area (Å²) < 4.78 is 10.6. The molecule has 0 spiro atoms. The highest BCUT2D eigenvalue weighted by molar-refractivity contribution is 5.60. The van der Waals surface area contributed by atoms with Gasteiger partial charge in [0.1, 0.15) is 0 Å². The molecule has 2 aliphatic heterocycles. The maximum atomic E-state index is 11.0. The van der Waals surface area contributed by atoms with Crippen molar-refractivity contribution in [3.05, 3.63) is 28.3 Å². The quantitative estimate of drug-likeness (QED) is 0.622. The predicted molar refractivity (Wildman–Crippen MR) is 87.2 cm³/mol. The van der Waals surface area contributed by atoms with E-state index in [2.05, 4.69) is 16.7 Å². The van der Waals surface area contributed by atoms with Gasteiger partial charge < -0.3 is 14.4 Å². The summed E-state index contributed by atoms with van der Waals surface area (Å²) in [4.78, 5) is 15.4. The monoisotopic (exact) mass is 321 g/mol. The topological polar surface area (TPSA) is 68.1 Å². The Morgan fingerprint density at radius 2 is 2.04 bits per heavy atom. The summed E-state index contributed by atoms with van der Waals surface area (Å²) in [7, 11) is 1.47. The van der Waals surface area contributed by atoms with Crippen LogP contribution in [0.15, 0.2) is 18.2 Å². The number of benzene rings is 1. The van der Waals surface area contributed by atoms with Gasteiger partial charge in [-0.1, -0.05) is 6.92 Å². The van der Waals surface area contributed by atoms with E-state index in [9.17, 15) is 10.1 Å². The molecule has 126 valence electrons. The summed E-state index contributed by atoms with van der Waals surface area (Å²) in [6, 6.07) is 5.61. The van der Waals surface area contributed by atoms with Gasteiger partial charge >= 0.3 is 5.69 Å². The van der Waals surface area contributed by atoms with E-state index >= 15 is 0 Å². The van der Waals surface area contributed by atoms with Gasteiger partial charge in [-0.2, -0.15) is 0 Å². The van der Waals surface area contributed by atoms with Crippen molar-refractivity contribution in [2.45, 2.75) is 13.0 Å². The molecule has 0 N–H and O–H groups in total. The lowest BCUT2D eigenvalue weighted by atomic mass is 10.0. The van der Waals surface area contributed by atoms with Crippen LogP contribution in [0.5, 0.6) is 5.75 Å². The maximum absolute atomic E-state index is 11.0. The summed E-state index contributed by atoms with van der Waals surface area (Å²) in [5.74, 6) is 0.865. The number of hydrogen-bond acceptors (Lipinski definition) is 6. The third-order valence-electron chi connectivity index (χ3n) is 4.81. The molecule has 0 unspecified atom stereocenters. The molecule has 3 rings (SSSR count). The molecule has 2 fully saturated rings. The molecule has 0 aromatic heterocycles. The fraction of sp³-hybridized carbons (Fsp3) is 0.625. The van der Waals surface area contributed by atoms with Crippen LogP contribution in [-0.4, -0.2) is 62.4 Å². The van der Waals surface area contributed by atoms with Crippen molar-refractivity contribution in [1.29, 1.82) is 0 Å². The third kappa shape index (κ3) is 3.25. The lowest BCUT2D eigenvalue weighted by Gasteiger charge is -2.34. The summed E-state index contributed by atoms with van der Waals surface area (Å²) in [5, 5.41) is 11.0. The van der Waals surface area contributed by atoms with E-state index < -0.39 is 4.92 Å². The number of anilines is 1. The largest absolute Gasteiger partial charge is 0.490 e. The molecular weight excluding hydrogens is 298 g/mol. The average molecular weight is 321 g/mol. The second-order valence-corrected chi connectivity index (χ2v) is 6.21. The van der Waals surface area contributed by atoms with Crippen molar-refractivity contribution in [3.63, 3.8) is 0 Å². The molecule has 0 aliphatic carbocycles. The van der Waals surface area contributed by atoms with Gasteiger partial charge in [0.15, 0.2) is 5.75 Å².